The van der Waals surface area contributed by atoms with Crippen molar-refractivity contribution in [3.05, 3.63) is 72.1 Å². The van der Waals surface area contributed by atoms with E-state index in [1.165, 1.54) is 0 Å². The highest BCUT2D eigenvalue weighted by Gasteiger charge is 2.25. The van der Waals surface area contributed by atoms with Crippen LogP contribution in [-0.4, -0.2) is 48.3 Å². The Balaban J connectivity index is 1.29. The highest BCUT2D eigenvalue weighted by Crippen LogP contribution is 2.38. The van der Waals surface area contributed by atoms with Crippen LogP contribution in [0.4, 0.5) is 5.95 Å². The molecule has 1 atom stereocenters. The first-order valence-electron chi connectivity index (χ1n) is 14.1. The van der Waals surface area contributed by atoms with Crippen molar-refractivity contribution < 1.29 is 13.2 Å². The minimum Gasteiger partial charge on any atom is -0.437 e. The summed E-state index contributed by atoms with van der Waals surface area (Å²) in [6.07, 6.45) is 8.72. The smallest absolute Gasteiger partial charge is 0.228 e. The second-order valence-corrected chi connectivity index (χ2v) is 13.1. The SMILES string of the molecule is Cc1ccc2c(CS(=O)(=O)CCC3CC3)cccc2c1Oc1ncccc1-c1ccnc(N[C@H]2CCCNC2)n1. The number of piperidine rings is 1. The van der Waals surface area contributed by atoms with Crippen LogP contribution in [0.15, 0.2) is 60.9 Å². The molecule has 8 nitrogen and oxygen atoms in total. The Labute approximate surface area is 235 Å². The topological polar surface area (TPSA) is 106 Å². The van der Waals surface area contributed by atoms with Gasteiger partial charge >= 0.3 is 0 Å². The van der Waals surface area contributed by atoms with E-state index in [0.29, 0.717) is 35.2 Å². The van der Waals surface area contributed by atoms with Crippen molar-refractivity contribution in [1.29, 1.82) is 0 Å². The number of fused-ring (bicyclic) bond motifs is 1. The molecule has 2 aromatic heterocycles. The van der Waals surface area contributed by atoms with E-state index in [2.05, 4.69) is 20.6 Å². The van der Waals surface area contributed by atoms with Crippen LogP contribution in [0.2, 0.25) is 0 Å². The summed E-state index contributed by atoms with van der Waals surface area (Å²) in [5.41, 5.74) is 3.20. The van der Waals surface area contributed by atoms with Crippen LogP contribution < -0.4 is 15.4 Å². The Morgan fingerprint density at radius 2 is 1.90 bits per heavy atom. The van der Waals surface area contributed by atoms with Crippen molar-refractivity contribution in [3.8, 4) is 22.9 Å². The molecule has 1 aliphatic heterocycles. The Hall–Kier alpha value is -3.56. The summed E-state index contributed by atoms with van der Waals surface area (Å²) in [4.78, 5) is 13.8. The van der Waals surface area contributed by atoms with E-state index in [1.54, 1.807) is 12.4 Å². The molecule has 3 heterocycles. The van der Waals surface area contributed by atoms with Crippen LogP contribution in [0.3, 0.4) is 0 Å². The fourth-order valence-corrected chi connectivity index (χ4v) is 6.89. The van der Waals surface area contributed by atoms with E-state index >= 15 is 0 Å². The molecule has 0 spiro atoms. The first kappa shape index (κ1) is 26.7. The molecule has 0 radical (unpaired) electrons. The number of hydrogen-bond donors (Lipinski definition) is 2. The normalized spacial score (nSPS) is 17.6. The molecule has 1 aliphatic carbocycles. The first-order valence-corrected chi connectivity index (χ1v) is 15.9. The lowest BCUT2D eigenvalue weighted by Gasteiger charge is -2.23. The number of aryl methyl sites for hydroxylation is 1. The van der Waals surface area contributed by atoms with Crippen molar-refractivity contribution in [2.75, 3.05) is 24.2 Å². The number of sulfone groups is 1. The van der Waals surface area contributed by atoms with E-state index in [1.807, 2.05) is 55.5 Å². The number of hydrogen-bond acceptors (Lipinski definition) is 8. The Bertz CT molecular complexity index is 1610. The number of nitrogens with one attached hydrogen (secondary N) is 2. The van der Waals surface area contributed by atoms with Crippen LogP contribution >= 0.6 is 0 Å². The largest absolute Gasteiger partial charge is 0.437 e. The zero-order chi connectivity index (χ0) is 27.5. The standard InChI is InChI=1S/C31H35N5O3S/c1-21-9-12-25-23(20-40(37,38)18-14-22-10-11-22)5-2-7-26(25)29(21)39-30-27(8-4-16-33-30)28-13-17-34-31(36-28)35-24-6-3-15-32-19-24/h2,4-5,7-9,12-13,16-17,22,24,32H,3,6,10-11,14-15,18-20H2,1H3,(H,34,35,36)/t24-/m0/s1. The lowest BCUT2D eigenvalue weighted by atomic mass is 10.0. The molecule has 0 bridgehead atoms. The fourth-order valence-electron chi connectivity index (χ4n) is 5.33. The third kappa shape index (κ3) is 6.26. The Kier molecular flexibility index (Phi) is 7.67. The van der Waals surface area contributed by atoms with Crippen molar-refractivity contribution in [1.82, 2.24) is 20.3 Å². The van der Waals surface area contributed by atoms with E-state index < -0.39 is 9.84 Å². The lowest BCUT2D eigenvalue weighted by Crippen LogP contribution is -2.38. The zero-order valence-electron chi connectivity index (χ0n) is 22.8. The van der Waals surface area contributed by atoms with Gasteiger partial charge in [0.05, 0.1) is 22.8 Å². The van der Waals surface area contributed by atoms with Gasteiger partial charge in [0, 0.05) is 30.4 Å². The predicted octanol–water partition coefficient (Wildman–Crippen LogP) is 5.67. The van der Waals surface area contributed by atoms with Gasteiger partial charge in [-0.15, -0.1) is 0 Å². The molecule has 40 heavy (non-hydrogen) atoms. The zero-order valence-corrected chi connectivity index (χ0v) is 23.6. The maximum Gasteiger partial charge on any atom is 0.228 e. The number of pyridine rings is 1. The number of rotatable bonds is 10. The van der Waals surface area contributed by atoms with E-state index in [-0.39, 0.29) is 11.5 Å². The summed E-state index contributed by atoms with van der Waals surface area (Å²) in [5, 5.41) is 8.59. The second-order valence-electron chi connectivity index (χ2n) is 11.0. The predicted molar refractivity (Wildman–Crippen MR) is 158 cm³/mol. The molecule has 1 saturated heterocycles. The average Bonchev–Trinajstić information content (AvgIpc) is 3.79. The molecule has 4 aromatic rings. The van der Waals surface area contributed by atoms with Crippen LogP contribution in [0.25, 0.3) is 22.0 Å². The number of aromatic nitrogens is 3. The third-order valence-electron chi connectivity index (χ3n) is 7.74. The summed E-state index contributed by atoms with van der Waals surface area (Å²) in [5.74, 6) is 2.54. The molecule has 208 valence electrons. The van der Waals surface area contributed by atoms with Gasteiger partial charge in [-0.25, -0.2) is 23.4 Å². The van der Waals surface area contributed by atoms with Crippen molar-refractivity contribution in [3.63, 3.8) is 0 Å². The fraction of sp³-hybridized carbons (Fsp3) is 0.387. The van der Waals surface area contributed by atoms with Gasteiger partial charge in [0.2, 0.25) is 11.8 Å². The van der Waals surface area contributed by atoms with Crippen LogP contribution in [0, 0.1) is 12.8 Å². The van der Waals surface area contributed by atoms with Gasteiger partial charge in [0.1, 0.15) is 5.75 Å². The Morgan fingerprint density at radius 1 is 1.00 bits per heavy atom. The quantitative estimate of drug-likeness (QED) is 0.257. The second kappa shape index (κ2) is 11.5. The molecular formula is C31H35N5O3S. The van der Waals surface area contributed by atoms with Gasteiger partial charge in [-0.3, -0.25) is 0 Å². The summed E-state index contributed by atoms with van der Waals surface area (Å²) in [6, 6.07) is 15.7. The number of benzene rings is 2. The van der Waals surface area contributed by atoms with E-state index in [0.717, 1.165) is 72.7 Å². The summed E-state index contributed by atoms with van der Waals surface area (Å²) in [6.45, 7) is 3.92. The van der Waals surface area contributed by atoms with Crippen molar-refractivity contribution >= 4 is 26.6 Å². The average molecular weight is 558 g/mol. The van der Waals surface area contributed by atoms with Gasteiger partial charge in [0.15, 0.2) is 9.84 Å². The number of anilines is 1. The van der Waals surface area contributed by atoms with E-state index in [9.17, 15) is 8.42 Å². The van der Waals surface area contributed by atoms with Gasteiger partial charge in [-0.1, -0.05) is 43.2 Å². The number of nitrogens with zero attached hydrogens (tertiary/aromatic N) is 3. The van der Waals surface area contributed by atoms with Gasteiger partial charge in [-0.2, -0.15) is 0 Å². The maximum atomic E-state index is 12.9. The third-order valence-corrected chi connectivity index (χ3v) is 9.35. The molecule has 1 saturated carbocycles. The monoisotopic (exact) mass is 557 g/mol. The van der Waals surface area contributed by atoms with Gasteiger partial charge < -0.3 is 15.4 Å². The summed E-state index contributed by atoms with van der Waals surface area (Å²) < 4.78 is 32.3. The minimum absolute atomic E-state index is 0.0294. The first-order chi connectivity index (χ1) is 19.4. The number of ether oxygens (including phenoxy) is 1. The molecule has 2 aromatic carbocycles. The molecule has 9 heteroatoms. The van der Waals surface area contributed by atoms with E-state index in [4.69, 9.17) is 9.72 Å². The molecule has 2 aliphatic rings. The summed E-state index contributed by atoms with van der Waals surface area (Å²) in [7, 11) is -3.20. The summed E-state index contributed by atoms with van der Waals surface area (Å²) >= 11 is 0. The van der Waals surface area contributed by atoms with Crippen LogP contribution in [0.1, 0.15) is 43.2 Å². The van der Waals surface area contributed by atoms with Gasteiger partial charge in [-0.05, 0) is 73.4 Å². The van der Waals surface area contributed by atoms with Crippen LogP contribution in [-0.2, 0) is 15.6 Å². The maximum absolute atomic E-state index is 12.9. The minimum atomic E-state index is -3.20. The molecule has 0 unspecified atom stereocenters. The molecule has 6 rings (SSSR count). The molecular weight excluding hydrogens is 522 g/mol. The van der Waals surface area contributed by atoms with Crippen molar-refractivity contribution in [2.45, 2.75) is 50.8 Å². The van der Waals surface area contributed by atoms with Gasteiger partial charge in [0.25, 0.3) is 0 Å². The molecule has 2 N–H and O–H groups in total. The highest BCUT2D eigenvalue weighted by molar-refractivity contribution is 7.90. The lowest BCUT2D eigenvalue weighted by molar-refractivity contribution is 0.466. The molecule has 0 amide bonds. The van der Waals surface area contributed by atoms with Crippen LogP contribution in [0.5, 0.6) is 11.6 Å². The molecule has 2 fully saturated rings. The highest BCUT2D eigenvalue weighted by atomic mass is 32.2. The Morgan fingerprint density at radius 3 is 2.73 bits per heavy atom. The van der Waals surface area contributed by atoms with Crippen molar-refractivity contribution in [2.24, 2.45) is 5.92 Å².